The molecule has 1 heterocycles. The van der Waals surface area contributed by atoms with Gasteiger partial charge in [0.25, 0.3) is 0 Å². The average Bonchev–Trinajstić information content (AvgIpc) is 2.81. The average molecular weight is 283 g/mol. The highest BCUT2D eigenvalue weighted by molar-refractivity contribution is 5.88. The van der Waals surface area contributed by atoms with Gasteiger partial charge in [0.15, 0.2) is 5.69 Å². The lowest BCUT2D eigenvalue weighted by Crippen LogP contribution is -2.12. The minimum absolute atomic E-state index is 0.160. The zero-order chi connectivity index (χ0) is 14.8. The minimum atomic E-state index is -0.491. The van der Waals surface area contributed by atoms with E-state index < -0.39 is 5.97 Å². The van der Waals surface area contributed by atoms with Crippen molar-refractivity contribution in [2.75, 3.05) is 33.5 Å². The van der Waals surface area contributed by atoms with Crippen molar-refractivity contribution in [2.45, 2.75) is 19.9 Å². The summed E-state index contributed by atoms with van der Waals surface area (Å²) in [6.07, 6.45) is 2.36. The van der Waals surface area contributed by atoms with E-state index in [-0.39, 0.29) is 12.3 Å². The number of ether oxygens (including phenoxy) is 3. The molecule has 0 saturated heterocycles. The fourth-order valence-corrected chi connectivity index (χ4v) is 1.52. The summed E-state index contributed by atoms with van der Waals surface area (Å²) in [7, 11) is 1.66. The second-order valence-electron chi connectivity index (χ2n) is 4.09. The van der Waals surface area contributed by atoms with Crippen molar-refractivity contribution in [3.63, 3.8) is 0 Å². The zero-order valence-electron chi connectivity index (χ0n) is 12.0. The number of nitrogens with zero attached hydrogens (tertiary/aromatic N) is 3. The molecule has 0 atom stereocenters. The van der Waals surface area contributed by atoms with Crippen molar-refractivity contribution >= 4 is 5.97 Å². The van der Waals surface area contributed by atoms with Crippen molar-refractivity contribution < 1.29 is 19.0 Å². The van der Waals surface area contributed by atoms with Gasteiger partial charge < -0.3 is 14.2 Å². The number of hydrogen-bond donors (Lipinski definition) is 0. The van der Waals surface area contributed by atoms with Crippen LogP contribution in [0.25, 0.3) is 0 Å². The summed E-state index contributed by atoms with van der Waals surface area (Å²) in [6, 6.07) is 0. The summed E-state index contributed by atoms with van der Waals surface area (Å²) >= 11 is 0. The fraction of sp³-hybridized carbons (Fsp3) is 0.615. The number of esters is 1. The molecule has 0 aromatic carbocycles. The summed E-state index contributed by atoms with van der Waals surface area (Å²) in [5, 5.41) is 7.74. The van der Waals surface area contributed by atoms with Gasteiger partial charge in [0.2, 0.25) is 0 Å². The molecule has 0 aliphatic rings. The van der Waals surface area contributed by atoms with Crippen LogP contribution in [0.4, 0.5) is 0 Å². The van der Waals surface area contributed by atoms with Crippen LogP contribution < -0.4 is 0 Å². The molecule has 1 rings (SSSR count). The standard InChI is InChI=1S/C13H21N3O4/c1-4-7-20-13(17)12-11(2)16(15-14-12)6-10-19-9-5-8-18-3/h4H,1,5-10H2,2-3H3. The summed E-state index contributed by atoms with van der Waals surface area (Å²) in [4.78, 5) is 11.7. The van der Waals surface area contributed by atoms with Crippen LogP contribution in [0.5, 0.6) is 0 Å². The maximum Gasteiger partial charge on any atom is 0.361 e. The molecule has 0 amide bonds. The van der Waals surface area contributed by atoms with Crippen molar-refractivity contribution in [1.29, 1.82) is 0 Å². The first-order chi connectivity index (χ1) is 9.70. The molecule has 0 radical (unpaired) electrons. The molecular weight excluding hydrogens is 262 g/mol. The third-order valence-electron chi connectivity index (χ3n) is 2.59. The summed E-state index contributed by atoms with van der Waals surface area (Å²) in [5.74, 6) is -0.491. The monoisotopic (exact) mass is 283 g/mol. The van der Waals surface area contributed by atoms with Crippen LogP contribution in [-0.4, -0.2) is 54.5 Å². The van der Waals surface area contributed by atoms with E-state index in [4.69, 9.17) is 14.2 Å². The van der Waals surface area contributed by atoms with Crippen LogP contribution in [0.15, 0.2) is 12.7 Å². The van der Waals surface area contributed by atoms with Gasteiger partial charge in [0, 0.05) is 20.3 Å². The number of hydrogen-bond acceptors (Lipinski definition) is 6. The number of carbonyl (C=O) groups excluding carboxylic acids is 1. The molecule has 0 aliphatic heterocycles. The second-order valence-corrected chi connectivity index (χ2v) is 4.09. The molecule has 0 bridgehead atoms. The van der Waals surface area contributed by atoms with Crippen molar-refractivity contribution in [3.8, 4) is 0 Å². The molecule has 7 heteroatoms. The second kappa shape index (κ2) is 9.22. The van der Waals surface area contributed by atoms with E-state index in [9.17, 15) is 4.79 Å². The van der Waals surface area contributed by atoms with E-state index >= 15 is 0 Å². The Kier molecular flexibility index (Phi) is 7.52. The van der Waals surface area contributed by atoms with Gasteiger partial charge in [0.1, 0.15) is 6.61 Å². The normalized spacial score (nSPS) is 10.5. The Hall–Kier alpha value is -1.73. The van der Waals surface area contributed by atoms with E-state index in [0.717, 1.165) is 6.42 Å². The molecule has 0 N–H and O–H groups in total. The third kappa shape index (κ3) is 5.10. The minimum Gasteiger partial charge on any atom is -0.457 e. The van der Waals surface area contributed by atoms with Crippen LogP contribution in [0.1, 0.15) is 22.6 Å². The van der Waals surface area contributed by atoms with Gasteiger partial charge in [-0.3, -0.25) is 0 Å². The van der Waals surface area contributed by atoms with E-state index in [2.05, 4.69) is 16.9 Å². The topological polar surface area (TPSA) is 75.5 Å². The van der Waals surface area contributed by atoms with Gasteiger partial charge in [-0.25, -0.2) is 9.48 Å². The van der Waals surface area contributed by atoms with Crippen LogP contribution in [0.3, 0.4) is 0 Å². The lowest BCUT2D eigenvalue weighted by Gasteiger charge is -2.05. The summed E-state index contributed by atoms with van der Waals surface area (Å²) in [5.41, 5.74) is 0.894. The van der Waals surface area contributed by atoms with Crippen LogP contribution in [0.2, 0.25) is 0 Å². The molecule has 0 fully saturated rings. The first-order valence-corrected chi connectivity index (χ1v) is 6.45. The maximum absolute atomic E-state index is 11.7. The fourth-order valence-electron chi connectivity index (χ4n) is 1.52. The number of carbonyl (C=O) groups is 1. The Morgan fingerprint density at radius 3 is 2.90 bits per heavy atom. The predicted molar refractivity (Wildman–Crippen MR) is 72.6 cm³/mol. The van der Waals surface area contributed by atoms with Crippen LogP contribution in [-0.2, 0) is 20.8 Å². The van der Waals surface area contributed by atoms with Crippen molar-refractivity contribution in [2.24, 2.45) is 0 Å². The molecule has 1 aromatic rings. The van der Waals surface area contributed by atoms with Crippen LogP contribution >= 0.6 is 0 Å². The molecule has 0 saturated carbocycles. The lowest BCUT2D eigenvalue weighted by molar-refractivity contribution is 0.0541. The highest BCUT2D eigenvalue weighted by Crippen LogP contribution is 2.05. The van der Waals surface area contributed by atoms with E-state index in [0.29, 0.717) is 32.1 Å². The van der Waals surface area contributed by atoms with Crippen molar-refractivity contribution in [1.82, 2.24) is 15.0 Å². The quantitative estimate of drug-likeness (QED) is 0.362. The predicted octanol–water partition coefficient (Wildman–Crippen LogP) is 0.982. The first-order valence-electron chi connectivity index (χ1n) is 6.45. The Bertz CT molecular complexity index is 431. The van der Waals surface area contributed by atoms with Gasteiger partial charge in [0.05, 0.1) is 18.8 Å². The number of aromatic nitrogens is 3. The molecule has 1 aromatic heterocycles. The Morgan fingerprint density at radius 2 is 2.20 bits per heavy atom. The lowest BCUT2D eigenvalue weighted by atomic mass is 10.3. The maximum atomic E-state index is 11.7. The largest absolute Gasteiger partial charge is 0.457 e. The van der Waals surface area contributed by atoms with Gasteiger partial charge >= 0.3 is 5.97 Å². The Labute approximate surface area is 118 Å². The number of rotatable bonds is 10. The van der Waals surface area contributed by atoms with Gasteiger partial charge in [-0.2, -0.15) is 0 Å². The van der Waals surface area contributed by atoms with E-state index in [1.807, 2.05) is 0 Å². The first kappa shape index (κ1) is 16.3. The zero-order valence-corrected chi connectivity index (χ0v) is 12.0. The molecule has 0 unspecified atom stereocenters. The van der Waals surface area contributed by atoms with Gasteiger partial charge in [-0.1, -0.05) is 17.9 Å². The summed E-state index contributed by atoms with van der Waals surface area (Å²) < 4.78 is 16.9. The molecule has 20 heavy (non-hydrogen) atoms. The Morgan fingerprint density at radius 1 is 1.40 bits per heavy atom. The third-order valence-corrected chi connectivity index (χ3v) is 2.59. The molecule has 7 nitrogen and oxygen atoms in total. The van der Waals surface area contributed by atoms with Gasteiger partial charge in [-0.05, 0) is 13.3 Å². The van der Waals surface area contributed by atoms with E-state index in [1.165, 1.54) is 6.08 Å². The summed E-state index contributed by atoms with van der Waals surface area (Å²) in [6.45, 7) is 7.78. The highest BCUT2D eigenvalue weighted by atomic mass is 16.5. The van der Waals surface area contributed by atoms with E-state index in [1.54, 1.807) is 18.7 Å². The molecular formula is C13H21N3O4. The molecule has 112 valence electrons. The Balaban J connectivity index is 2.38. The van der Waals surface area contributed by atoms with Crippen molar-refractivity contribution in [3.05, 3.63) is 24.0 Å². The number of methoxy groups -OCH3 is 1. The smallest absolute Gasteiger partial charge is 0.361 e. The SMILES string of the molecule is C=CCOC(=O)c1nnn(CCOCCCOC)c1C. The highest BCUT2D eigenvalue weighted by Gasteiger charge is 2.17. The molecule has 0 spiro atoms. The molecule has 0 aliphatic carbocycles. The van der Waals surface area contributed by atoms with Gasteiger partial charge in [-0.15, -0.1) is 5.10 Å². The van der Waals surface area contributed by atoms with Crippen LogP contribution in [0, 0.1) is 6.92 Å².